The Labute approximate surface area is 126 Å². The van der Waals surface area contributed by atoms with Gasteiger partial charge >= 0.3 is 0 Å². The number of hydrogen-bond acceptors (Lipinski definition) is 3. The summed E-state index contributed by atoms with van der Waals surface area (Å²) in [4.78, 5) is 12.1. The predicted octanol–water partition coefficient (Wildman–Crippen LogP) is 3.79. The van der Waals surface area contributed by atoms with Crippen LogP contribution in [0.1, 0.15) is 47.5 Å². The van der Waals surface area contributed by atoms with Gasteiger partial charge in [0.25, 0.3) is 5.56 Å². The Morgan fingerprint density at radius 3 is 2.55 bits per heavy atom. The van der Waals surface area contributed by atoms with Gasteiger partial charge in [0, 0.05) is 12.6 Å². The van der Waals surface area contributed by atoms with E-state index in [1.54, 1.807) is 6.20 Å². The molecule has 4 nitrogen and oxygen atoms in total. The Bertz CT molecular complexity index is 484. The number of hydrogen-bond donors (Lipinski definition) is 1. The van der Waals surface area contributed by atoms with Gasteiger partial charge in [0.1, 0.15) is 5.02 Å². The van der Waals surface area contributed by atoms with E-state index in [0.717, 1.165) is 12.8 Å². The summed E-state index contributed by atoms with van der Waals surface area (Å²) in [6.07, 6.45) is 3.84. The largest absolute Gasteiger partial charge is 0.380 e. The first kappa shape index (κ1) is 17.0. The van der Waals surface area contributed by atoms with Gasteiger partial charge in [-0.1, -0.05) is 45.7 Å². The van der Waals surface area contributed by atoms with Crippen molar-refractivity contribution in [3.63, 3.8) is 0 Å². The molecule has 2 unspecified atom stereocenters. The van der Waals surface area contributed by atoms with Crippen LogP contribution in [0.5, 0.6) is 0 Å². The maximum Gasteiger partial charge on any atom is 0.287 e. The highest BCUT2D eigenvalue weighted by Crippen LogP contribution is 2.19. The topological polar surface area (TPSA) is 46.9 Å². The summed E-state index contributed by atoms with van der Waals surface area (Å²) < 4.78 is 1.43. The Morgan fingerprint density at radius 1 is 1.35 bits per heavy atom. The van der Waals surface area contributed by atoms with Crippen LogP contribution in [0.4, 0.5) is 5.69 Å². The molecule has 20 heavy (non-hydrogen) atoms. The van der Waals surface area contributed by atoms with Crippen LogP contribution in [0.25, 0.3) is 0 Å². The molecule has 1 heterocycles. The number of rotatable bonds is 7. The van der Waals surface area contributed by atoms with Gasteiger partial charge in [0.2, 0.25) is 0 Å². The fraction of sp³-hybridized carbons (Fsp3) is 0.733. The highest BCUT2D eigenvalue weighted by Gasteiger charge is 2.13. The molecular weight excluding hydrogens is 274 g/mol. The Balaban J connectivity index is 2.82. The normalized spacial score (nSPS) is 14.3. The zero-order valence-corrected chi connectivity index (χ0v) is 13.9. The fourth-order valence-corrected chi connectivity index (χ4v) is 2.34. The molecule has 1 rings (SSSR count). The molecule has 0 spiro atoms. The molecule has 0 bridgehead atoms. The molecule has 114 valence electrons. The number of nitrogens with zero attached hydrogens (tertiary/aromatic N) is 2. The van der Waals surface area contributed by atoms with Crippen molar-refractivity contribution in [2.75, 3.05) is 5.32 Å². The second-order valence-corrected chi connectivity index (χ2v) is 6.43. The van der Waals surface area contributed by atoms with E-state index < -0.39 is 0 Å². The molecule has 0 aromatic carbocycles. The third-order valence-electron chi connectivity index (χ3n) is 3.38. The molecule has 5 heteroatoms. The maximum atomic E-state index is 12.1. The Kier molecular flexibility index (Phi) is 6.53. The molecule has 0 saturated heterocycles. The van der Waals surface area contributed by atoms with Crippen LogP contribution in [0.3, 0.4) is 0 Å². The van der Waals surface area contributed by atoms with Gasteiger partial charge in [-0.15, -0.1) is 0 Å². The van der Waals surface area contributed by atoms with Crippen LogP contribution in [-0.4, -0.2) is 15.8 Å². The van der Waals surface area contributed by atoms with Gasteiger partial charge in [0.05, 0.1) is 11.9 Å². The first-order valence-electron chi connectivity index (χ1n) is 7.37. The lowest BCUT2D eigenvalue weighted by Gasteiger charge is -2.19. The molecule has 0 aliphatic heterocycles. The number of anilines is 1. The fourth-order valence-electron chi connectivity index (χ4n) is 2.14. The van der Waals surface area contributed by atoms with E-state index in [9.17, 15) is 4.79 Å². The zero-order valence-electron chi connectivity index (χ0n) is 13.1. The lowest BCUT2D eigenvalue weighted by molar-refractivity contribution is 0.462. The maximum absolute atomic E-state index is 12.1. The Hall–Kier alpha value is -1.03. The minimum Gasteiger partial charge on any atom is -0.380 e. The molecule has 0 aliphatic carbocycles. The van der Waals surface area contributed by atoms with Crippen LogP contribution in [0.15, 0.2) is 11.0 Å². The van der Waals surface area contributed by atoms with Crippen LogP contribution in [0.2, 0.25) is 5.02 Å². The summed E-state index contributed by atoms with van der Waals surface area (Å²) in [7, 11) is 0. The number of aromatic nitrogens is 2. The first-order chi connectivity index (χ1) is 9.35. The molecule has 0 fully saturated rings. The second kappa shape index (κ2) is 7.67. The molecular formula is C15H26ClN3O. The van der Waals surface area contributed by atoms with Crippen molar-refractivity contribution in [1.29, 1.82) is 0 Å². The Morgan fingerprint density at radius 2 is 2.00 bits per heavy atom. The van der Waals surface area contributed by atoms with Crippen LogP contribution >= 0.6 is 11.6 Å². The van der Waals surface area contributed by atoms with Gasteiger partial charge in [-0.2, -0.15) is 5.10 Å². The highest BCUT2D eigenvalue weighted by atomic mass is 35.5. The molecule has 0 radical (unpaired) electrons. The van der Waals surface area contributed by atoms with E-state index in [0.29, 0.717) is 24.1 Å². The molecule has 1 aromatic heterocycles. The minimum atomic E-state index is -0.221. The number of halogens is 1. The van der Waals surface area contributed by atoms with Crippen LogP contribution < -0.4 is 10.9 Å². The summed E-state index contributed by atoms with van der Waals surface area (Å²) in [5.41, 5.74) is 0.411. The van der Waals surface area contributed by atoms with Crippen LogP contribution in [-0.2, 0) is 6.54 Å². The lowest BCUT2D eigenvalue weighted by Crippen LogP contribution is -2.27. The highest BCUT2D eigenvalue weighted by molar-refractivity contribution is 6.32. The quantitative estimate of drug-likeness (QED) is 0.833. The summed E-state index contributed by atoms with van der Waals surface area (Å²) in [6.45, 7) is 11.2. The average Bonchev–Trinajstić information content (AvgIpc) is 2.37. The minimum absolute atomic E-state index is 0.221. The van der Waals surface area contributed by atoms with Crippen molar-refractivity contribution in [3.8, 4) is 0 Å². The van der Waals surface area contributed by atoms with Crippen molar-refractivity contribution >= 4 is 17.3 Å². The van der Waals surface area contributed by atoms with E-state index in [2.05, 4.69) is 31.2 Å². The van der Waals surface area contributed by atoms with Gasteiger partial charge in [0.15, 0.2) is 0 Å². The zero-order chi connectivity index (χ0) is 15.3. The SMILES string of the molecule is CCC(C)CC(C)Nc1cnn(CC(C)C)c(=O)c1Cl. The van der Waals surface area contributed by atoms with E-state index in [1.165, 1.54) is 4.68 Å². The van der Waals surface area contributed by atoms with E-state index in [1.807, 2.05) is 13.8 Å². The summed E-state index contributed by atoms with van der Waals surface area (Å²) in [5, 5.41) is 7.71. The van der Waals surface area contributed by atoms with Crippen molar-refractivity contribution in [3.05, 3.63) is 21.6 Å². The molecule has 1 N–H and O–H groups in total. The third-order valence-corrected chi connectivity index (χ3v) is 3.74. The van der Waals surface area contributed by atoms with Crippen molar-refractivity contribution < 1.29 is 0 Å². The number of nitrogens with one attached hydrogen (secondary N) is 1. The lowest BCUT2D eigenvalue weighted by atomic mass is 10.0. The van der Waals surface area contributed by atoms with Gasteiger partial charge in [-0.3, -0.25) is 4.79 Å². The summed E-state index contributed by atoms with van der Waals surface area (Å²) >= 11 is 6.16. The summed E-state index contributed by atoms with van der Waals surface area (Å²) in [5.74, 6) is 1.00. The second-order valence-electron chi connectivity index (χ2n) is 6.05. The average molecular weight is 300 g/mol. The standard InChI is InChI=1S/C15H26ClN3O/c1-6-11(4)7-12(5)18-13-8-17-19(9-10(2)3)15(20)14(13)16/h8,10-12,18H,6-7,9H2,1-5H3. The monoisotopic (exact) mass is 299 g/mol. The van der Waals surface area contributed by atoms with E-state index in [4.69, 9.17) is 11.6 Å². The third kappa shape index (κ3) is 4.82. The van der Waals surface area contributed by atoms with Crippen molar-refractivity contribution in [2.45, 2.75) is 60.0 Å². The predicted molar refractivity (Wildman–Crippen MR) is 85.5 cm³/mol. The molecule has 1 aromatic rings. The van der Waals surface area contributed by atoms with Gasteiger partial charge in [-0.05, 0) is 25.2 Å². The first-order valence-corrected chi connectivity index (χ1v) is 7.75. The van der Waals surface area contributed by atoms with E-state index >= 15 is 0 Å². The van der Waals surface area contributed by atoms with Gasteiger partial charge < -0.3 is 5.32 Å². The van der Waals surface area contributed by atoms with Crippen LogP contribution in [0, 0.1) is 11.8 Å². The molecule has 0 saturated carbocycles. The molecule has 2 atom stereocenters. The smallest absolute Gasteiger partial charge is 0.287 e. The van der Waals surface area contributed by atoms with E-state index in [-0.39, 0.29) is 16.6 Å². The molecule has 0 aliphatic rings. The van der Waals surface area contributed by atoms with Crippen molar-refractivity contribution in [2.24, 2.45) is 11.8 Å². The summed E-state index contributed by atoms with van der Waals surface area (Å²) in [6, 6.07) is 0.268. The van der Waals surface area contributed by atoms with Crippen molar-refractivity contribution in [1.82, 2.24) is 9.78 Å². The van der Waals surface area contributed by atoms with Gasteiger partial charge in [-0.25, -0.2) is 4.68 Å². The molecule has 0 amide bonds.